The van der Waals surface area contributed by atoms with Gasteiger partial charge in [-0.2, -0.15) is 5.10 Å². The van der Waals surface area contributed by atoms with Crippen molar-refractivity contribution in [1.29, 1.82) is 0 Å². The largest absolute Gasteiger partial charge is 0.454 e. The van der Waals surface area contributed by atoms with Gasteiger partial charge >= 0.3 is 0 Å². The summed E-state index contributed by atoms with van der Waals surface area (Å²) in [6, 6.07) is 7.23. The highest BCUT2D eigenvalue weighted by Gasteiger charge is 2.35. The molecule has 1 aromatic heterocycles. The Morgan fingerprint density at radius 1 is 1.29 bits per heavy atom. The van der Waals surface area contributed by atoms with Crippen LogP contribution in [0.3, 0.4) is 0 Å². The molecule has 3 heterocycles. The summed E-state index contributed by atoms with van der Waals surface area (Å²) >= 11 is 0. The third-order valence-electron chi connectivity index (χ3n) is 4.85. The van der Waals surface area contributed by atoms with Gasteiger partial charge in [-0.3, -0.25) is 9.48 Å². The molecule has 8 heteroatoms. The van der Waals surface area contributed by atoms with Crippen molar-refractivity contribution in [2.45, 2.75) is 39.2 Å². The Bertz CT molecular complexity index is 892. The Morgan fingerprint density at radius 3 is 2.75 bits per heavy atom. The molecule has 1 saturated heterocycles. The molecule has 0 radical (unpaired) electrons. The average molecular weight is 387 g/mol. The van der Waals surface area contributed by atoms with E-state index in [9.17, 15) is 4.79 Å². The minimum absolute atomic E-state index is 0.106. The number of benzene rings is 1. The van der Waals surface area contributed by atoms with Crippen molar-refractivity contribution in [3.63, 3.8) is 0 Å². The molecule has 0 unspecified atom stereocenters. The molecule has 1 amide bonds. The van der Waals surface area contributed by atoms with Crippen LogP contribution in [0.5, 0.6) is 11.5 Å². The monoisotopic (exact) mass is 387 g/mol. The maximum absolute atomic E-state index is 13.3. The van der Waals surface area contributed by atoms with Crippen LogP contribution < -0.4 is 9.47 Å². The molecule has 150 valence electrons. The Kier molecular flexibility index (Phi) is 4.76. The molecule has 4 rings (SSSR count). The second kappa shape index (κ2) is 7.10. The van der Waals surface area contributed by atoms with Gasteiger partial charge in [0, 0.05) is 12.6 Å². The fraction of sp³-hybridized carbons (Fsp3) is 0.500. The van der Waals surface area contributed by atoms with Crippen LogP contribution in [0.15, 0.2) is 24.3 Å². The molecule has 1 atom stereocenters. The van der Waals surface area contributed by atoms with Crippen LogP contribution in [0.4, 0.5) is 0 Å². The molecule has 2 aromatic rings. The molecule has 0 aliphatic carbocycles. The van der Waals surface area contributed by atoms with E-state index in [4.69, 9.17) is 18.9 Å². The maximum atomic E-state index is 13.3. The minimum Gasteiger partial charge on any atom is -0.454 e. The predicted molar refractivity (Wildman–Crippen MR) is 100 cm³/mol. The first-order valence-corrected chi connectivity index (χ1v) is 9.31. The van der Waals surface area contributed by atoms with Gasteiger partial charge in [0.05, 0.1) is 31.1 Å². The van der Waals surface area contributed by atoms with E-state index >= 15 is 0 Å². The van der Waals surface area contributed by atoms with Crippen LogP contribution in [-0.2, 0) is 23.1 Å². The normalized spacial score (nSPS) is 19.8. The molecule has 1 fully saturated rings. The third-order valence-corrected chi connectivity index (χ3v) is 4.85. The summed E-state index contributed by atoms with van der Waals surface area (Å²) in [6.07, 6.45) is -0.192. The van der Waals surface area contributed by atoms with E-state index in [-0.39, 0.29) is 18.8 Å². The number of aryl methyl sites for hydroxylation is 2. The molecule has 2 aliphatic heterocycles. The second-order valence-electron chi connectivity index (χ2n) is 7.61. The van der Waals surface area contributed by atoms with Gasteiger partial charge in [0.1, 0.15) is 6.10 Å². The average Bonchev–Trinajstić information content (AvgIpc) is 3.32. The number of carbonyl (C=O) groups excluding carboxylic acids is 1. The van der Waals surface area contributed by atoms with Gasteiger partial charge in [0.25, 0.3) is 5.91 Å². The van der Waals surface area contributed by atoms with E-state index in [0.717, 1.165) is 11.4 Å². The Balaban J connectivity index is 1.58. The lowest BCUT2D eigenvalue weighted by molar-refractivity contribution is -0.139. The summed E-state index contributed by atoms with van der Waals surface area (Å²) in [6.45, 7) is 7.15. The van der Waals surface area contributed by atoms with Crippen molar-refractivity contribution in [1.82, 2.24) is 14.7 Å². The summed E-state index contributed by atoms with van der Waals surface area (Å²) < 4.78 is 24.2. The van der Waals surface area contributed by atoms with Crippen molar-refractivity contribution in [3.05, 3.63) is 41.2 Å². The molecule has 2 aliphatic rings. The Morgan fingerprint density at radius 2 is 2.07 bits per heavy atom. The van der Waals surface area contributed by atoms with Gasteiger partial charge in [0.15, 0.2) is 17.3 Å². The van der Waals surface area contributed by atoms with Gasteiger partial charge in [0.2, 0.25) is 6.79 Å². The number of fused-ring (bicyclic) bond motifs is 1. The van der Waals surface area contributed by atoms with Crippen LogP contribution >= 0.6 is 0 Å². The molecule has 0 saturated carbocycles. The van der Waals surface area contributed by atoms with E-state index in [1.165, 1.54) is 0 Å². The Hall–Kier alpha value is -2.58. The van der Waals surface area contributed by atoms with Crippen molar-refractivity contribution < 1.29 is 23.7 Å². The predicted octanol–water partition coefficient (Wildman–Crippen LogP) is 2.25. The fourth-order valence-electron chi connectivity index (χ4n) is 3.54. The fourth-order valence-corrected chi connectivity index (χ4v) is 3.54. The van der Waals surface area contributed by atoms with Gasteiger partial charge in [-0.25, -0.2) is 0 Å². The standard InChI is InChI=1S/C20H25N3O5/c1-13-7-15(22(4)21-13)9-23(10-16-11-27-20(2,3)28-16)19(24)14-5-6-17-18(8-14)26-12-25-17/h5-8,16H,9-12H2,1-4H3/t16-/m0/s1. The van der Waals surface area contributed by atoms with Crippen molar-refractivity contribution in [2.24, 2.45) is 7.05 Å². The maximum Gasteiger partial charge on any atom is 0.254 e. The number of amides is 1. The van der Waals surface area contributed by atoms with Gasteiger partial charge in [-0.1, -0.05) is 0 Å². The highest BCUT2D eigenvalue weighted by Crippen LogP contribution is 2.33. The van der Waals surface area contributed by atoms with E-state index < -0.39 is 5.79 Å². The first kappa shape index (κ1) is 18.8. The highest BCUT2D eigenvalue weighted by molar-refractivity contribution is 5.95. The molecule has 0 spiro atoms. The van der Waals surface area contributed by atoms with Crippen LogP contribution in [0.2, 0.25) is 0 Å². The lowest BCUT2D eigenvalue weighted by atomic mass is 10.1. The van der Waals surface area contributed by atoms with Gasteiger partial charge in [-0.05, 0) is 45.0 Å². The van der Waals surface area contributed by atoms with E-state index in [1.54, 1.807) is 27.8 Å². The second-order valence-corrected chi connectivity index (χ2v) is 7.61. The van der Waals surface area contributed by atoms with Crippen LogP contribution in [-0.4, -0.2) is 52.4 Å². The van der Waals surface area contributed by atoms with Crippen molar-refractivity contribution >= 4 is 5.91 Å². The molecular weight excluding hydrogens is 362 g/mol. The topological polar surface area (TPSA) is 75.1 Å². The number of hydrogen-bond acceptors (Lipinski definition) is 6. The quantitative estimate of drug-likeness (QED) is 0.783. The first-order valence-electron chi connectivity index (χ1n) is 9.31. The van der Waals surface area contributed by atoms with Crippen molar-refractivity contribution in [2.75, 3.05) is 19.9 Å². The number of hydrogen-bond donors (Lipinski definition) is 0. The number of aromatic nitrogens is 2. The number of carbonyl (C=O) groups is 1. The van der Waals surface area contributed by atoms with E-state index in [1.807, 2.05) is 33.9 Å². The summed E-state index contributed by atoms with van der Waals surface area (Å²) in [5.41, 5.74) is 2.40. The zero-order valence-electron chi connectivity index (χ0n) is 16.6. The minimum atomic E-state index is -0.638. The smallest absolute Gasteiger partial charge is 0.254 e. The molecule has 28 heavy (non-hydrogen) atoms. The molecule has 0 bridgehead atoms. The number of rotatable bonds is 5. The number of ether oxygens (including phenoxy) is 4. The van der Waals surface area contributed by atoms with Crippen molar-refractivity contribution in [3.8, 4) is 11.5 Å². The number of nitrogens with zero attached hydrogens (tertiary/aromatic N) is 3. The molecule has 1 aromatic carbocycles. The van der Waals surface area contributed by atoms with Gasteiger partial charge in [-0.15, -0.1) is 0 Å². The lowest BCUT2D eigenvalue weighted by Gasteiger charge is -2.26. The lowest BCUT2D eigenvalue weighted by Crippen LogP contribution is -2.39. The van der Waals surface area contributed by atoms with E-state index in [2.05, 4.69) is 5.10 Å². The summed E-state index contributed by atoms with van der Waals surface area (Å²) in [5, 5.41) is 4.38. The summed E-state index contributed by atoms with van der Waals surface area (Å²) in [7, 11) is 1.88. The van der Waals surface area contributed by atoms with Gasteiger partial charge < -0.3 is 23.8 Å². The van der Waals surface area contributed by atoms with E-state index in [0.29, 0.717) is 36.8 Å². The summed E-state index contributed by atoms with van der Waals surface area (Å²) in [5.74, 6) is 0.496. The highest BCUT2D eigenvalue weighted by atomic mass is 16.7. The molecule has 0 N–H and O–H groups in total. The first-order chi connectivity index (χ1) is 13.3. The zero-order chi connectivity index (χ0) is 19.9. The molecule has 8 nitrogen and oxygen atoms in total. The SMILES string of the molecule is Cc1cc(CN(C[C@H]2COC(C)(C)O2)C(=O)c2ccc3c(c2)OCO3)n(C)n1. The van der Waals surface area contributed by atoms with Crippen LogP contribution in [0.25, 0.3) is 0 Å². The molecular formula is C20H25N3O5. The third kappa shape index (κ3) is 3.83. The van der Waals surface area contributed by atoms with Crippen LogP contribution in [0, 0.1) is 6.92 Å². The zero-order valence-corrected chi connectivity index (χ0v) is 16.6. The Labute approximate surface area is 163 Å². The van der Waals surface area contributed by atoms with Crippen LogP contribution in [0.1, 0.15) is 35.6 Å². The summed E-state index contributed by atoms with van der Waals surface area (Å²) in [4.78, 5) is 15.1.